The molecule has 0 radical (unpaired) electrons. The molecule has 1 aliphatic heterocycles. The van der Waals surface area contributed by atoms with Gasteiger partial charge in [0, 0.05) is 25.0 Å². The van der Waals surface area contributed by atoms with Crippen LogP contribution < -0.4 is 4.72 Å². The van der Waals surface area contributed by atoms with Crippen LogP contribution in [0.15, 0.2) is 12.5 Å². The van der Waals surface area contributed by atoms with Gasteiger partial charge >= 0.3 is 5.97 Å². The molecule has 1 fully saturated rings. The fourth-order valence-corrected chi connectivity index (χ4v) is 3.52. The first kappa shape index (κ1) is 15.9. The van der Waals surface area contributed by atoms with Crippen LogP contribution in [0.1, 0.15) is 25.5 Å². The molecular formula is C12H20N4O4S. The van der Waals surface area contributed by atoms with Gasteiger partial charge < -0.3 is 9.72 Å². The summed E-state index contributed by atoms with van der Waals surface area (Å²) in [6.45, 7) is 2.76. The molecule has 1 saturated heterocycles. The number of hydrogen-bond donors (Lipinski definition) is 2. The summed E-state index contributed by atoms with van der Waals surface area (Å²) in [7, 11) is -3.61. The van der Waals surface area contributed by atoms with E-state index in [2.05, 4.69) is 14.7 Å². The van der Waals surface area contributed by atoms with Crippen LogP contribution in [0.5, 0.6) is 0 Å². The molecule has 1 aromatic rings. The number of aromatic nitrogens is 2. The summed E-state index contributed by atoms with van der Waals surface area (Å²) in [5.74, 6) is -0.714. The van der Waals surface area contributed by atoms with E-state index in [1.54, 1.807) is 13.1 Å². The van der Waals surface area contributed by atoms with Crippen molar-refractivity contribution >= 4 is 16.2 Å². The van der Waals surface area contributed by atoms with Gasteiger partial charge in [-0.3, -0.25) is 4.79 Å². The maximum absolute atomic E-state index is 12.2. The number of carbonyl (C=O) groups is 1. The van der Waals surface area contributed by atoms with Gasteiger partial charge in [0.2, 0.25) is 0 Å². The van der Waals surface area contributed by atoms with Gasteiger partial charge in [0.25, 0.3) is 10.2 Å². The van der Waals surface area contributed by atoms with E-state index in [1.165, 1.54) is 10.6 Å². The molecule has 0 amide bonds. The molecule has 0 saturated carbocycles. The molecule has 1 unspecified atom stereocenters. The maximum atomic E-state index is 12.2. The number of ether oxygens (including phenoxy) is 1. The molecule has 0 spiro atoms. The van der Waals surface area contributed by atoms with Crippen molar-refractivity contribution in [2.45, 2.75) is 26.3 Å². The zero-order valence-electron chi connectivity index (χ0n) is 11.9. The van der Waals surface area contributed by atoms with Gasteiger partial charge in [0.05, 0.1) is 25.4 Å². The molecule has 8 nitrogen and oxygen atoms in total. The number of imidazole rings is 1. The number of esters is 1. The first-order chi connectivity index (χ1) is 10.0. The highest BCUT2D eigenvalue weighted by atomic mass is 32.2. The van der Waals surface area contributed by atoms with Crippen molar-refractivity contribution in [2.75, 3.05) is 19.7 Å². The SMILES string of the molecule is CCOC(=O)C1CCCN(S(=O)(=O)NCc2cnc[nH]2)C1. The summed E-state index contributed by atoms with van der Waals surface area (Å²) < 4.78 is 33.2. The monoisotopic (exact) mass is 316 g/mol. The maximum Gasteiger partial charge on any atom is 0.310 e. The second-order valence-electron chi connectivity index (χ2n) is 4.85. The normalized spacial score (nSPS) is 20.3. The quantitative estimate of drug-likeness (QED) is 0.720. The molecule has 9 heteroatoms. The highest BCUT2D eigenvalue weighted by molar-refractivity contribution is 7.87. The summed E-state index contributed by atoms with van der Waals surface area (Å²) in [6, 6.07) is 0. The van der Waals surface area contributed by atoms with Crippen molar-refractivity contribution in [3.05, 3.63) is 18.2 Å². The van der Waals surface area contributed by atoms with Crippen LogP contribution in [0, 0.1) is 5.92 Å². The Morgan fingerprint density at radius 3 is 3.10 bits per heavy atom. The predicted octanol–water partition coefficient (Wildman–Crippen LogP) is 0.0192. The first-order valence-corrected chi connectivity index (χ1v) is 8.35. The minimum Gasteiger partial charge on any atom is -0.466 e. The Morgan fingerprint density at radius 1 is 1.62 bits per heavy atom. The smallest absolute Gasteiger partial charge is 0.310 e. The Balaban J connectivity index is 1.94. The number of nitrogens with zero attached hydrogens (tertiary/aromatic N) is 2. The number of rotatable bonds is 6. The molecule has 1 aliphatic rings. The molecule has 21 heavy (non-hydrogen) atoms. The highest BCUT2D eigenvalue weighted by Crippen LogP contribution is 2.20. The van der Waals surface area contributed by atoms with Crippen LogP contribution in [0.4, 0.5) is 0 Å². The van der Waals surface area contributed by atoms with Gasteiger partial charge in [0.1, 0.15) is 0 Å². The van der Waals surface area contributed by atoms with Crippen molar-refractivity contribution in [3.63, 3.8) is 0 Å². The average Bonchev–Trinajstić information content (AvgIpc) is 2.99. The van der Waals surface area contributed by atoms with Crippen LogP contribution in [0.2, 0.25) is 0 Å². The summed E-state index contributed by atoms with van der Waals surface area (Å²) in [4.78, 5) is 18.4. The van der Waals surface area contributed by atoms with E-state index in [0.29, 0.717) is 31.7 Å². The molecule has 1 atom stereocenters. The molecule has 2 heterocycles. The van der Waals surface area contributed by atoms with Crippen LogP contribution in [-0.2, 0) is 26.3 Å². The second kappa shape index (κ2) is 7.01. The molecule has 0 bridgehead atoms. The Kier molecular flexibility index (Phi) is 5.32. The van der Waals surface area contributed by atoms with E-state index in [0.717, 1.165) is 0 Å². The summed E-state index contributed by atoms with van der Waals surface area (Å²) in [5, 5.41) is 0. The van der Waals surface area contributed by atoms with Crippen LogP contribution in [0.25, 0.3) is 0 Å². The number of aromatic amines is 1. The van der Waals surface area contributed by atoms with Crippen LogP contribution in [-0.4, -0.2) is 48.4 Å². The zero-order valence-corrected chi connectivity index (χ0v) is 12.7. The lowest BCUT2D eigenvalue weighted by Crippen LogP contribution is -2.47. The number of H-pyrrole nitrogens is 1. The van der Waals surface area contributed by atoms with Crippen molar-refractivity contribution in [2.24, 2.45) is 5.92 Å². The molecule has 118 valence electrons. The third-order valence-electron chi connectivity index (χ3n) is 3.34. The molecule has 0 aliphatic carbocycles. The molecule has 1 aromatic heterocycles. The van der Waals surface area contributed by atoms with Crippen LogP contribution >= 0.6 is 0 Å². The summed E-state index contributed by atoms with van der Waals surface area (Å²) in [6.07, 6.45) is 4.35. The number of nitrogens with one attached hydrogen (secondary N) is 2. The van der Waals surface area contributed by atoms with E-state index >= 15 is 0 Å². The fraction of sp³-hybridized carbons (Fsp3) is 0.667. The summed E-state index contributed by atoms with van der Waals surface area (Å²) in [5.41, 5.74) is 0.678. The Labute approximate surface area is 124 Å². The van der Waals surface area contributed by atoms with Crippen molar-refractivity contribution in [1.82, 2.24) is 19.0 Å². The third-order valence-corrected chi connectivity index (χ3v) is 4.86. The lowest BCUT2D eigenvalue weighted by molar-refractivity contribution is -0.149. The van der Waals surface area contributed by atoms with Gasteiger partial charge in [-0.1, -0.05) is 0 Å². The zero-order chi connectivity index (χ0) is 15.3. The van der Waals surface area contributed by atoms with Gasteiger partial charge in [-0.2, -0.15) is 17.4 Å². The minimum atomic E-state index is -3.61. The average molecular weight is 316 g/mol. The molecule has 2 rings (SSSR count). The Morgan fingerprint density at radius 2 is 2.43 bits per heavy atom. The van der Waals surface area contributed by atoms with Gasteiger partial charge in [0.15, 0.2) is 0 Å². The van der Waals surface area contributed by atoms with E-state index in [9.17, 15) is 13.2 Å². The lowest BCUT2D eigenvalue weighted by Gasteiger charge is -2.30. The fourth-order valence-electron chi connectivity index (χ4n) is 2.25. The van der Waals surface area contributed by atoms with Gasteiger partial charge in [-0.25, -0.2) is 4.98 Å². The molecule has 0 aromatic carbocycles. The lowest BCUT2D eigenvalue weighted by atomic mass is 10.0. The first-order valence-electron chi connectivity index (χ1n) is 6.91. The number of carbonyl (C=O) groups excluding carboxylic acids is 1. The van der Waals surface area contributed by atoms with Gasteiger partial charge in [-0.05, 0) is 19.8 Å². The van der Waals surface area contributed by atoms with E-state index in [4.69, 9.17) is 4.74 Å². The second-order valence-corrected chi connectivity index (χ2v) is 6.61. The van der Waals surface area contributed by atoms with E-state index in [-0.39, 0.29) is 25.0 Å². The van der Waals surface area contributed by atoms with Crippen molar-refractivity contribution < 1.29 is 17.9 Å². The predicted molar refractivity (Wildman–Crippen MR) is 75.3 cm³/mol. The Hall–Kier alpha value is -1.45. The molecular weight excluding hydrogens is 296 g/mol. The minimum absolute atomic E-state index is 0.142. The van der Waals surface area contributed by atoms with Crippen molar-refractivity contribution in [1.29, 1.82) is 0 Å². The van der Waals surface area contributed by atoms with E-state index < -0.39 is 10.2 Å². The molecule has 2 N–H and O–H groups in total. The number of piperidine rings is 1. The van der Waals surface area contributed by atoms with Crippen LogP contribution in [0.3, 0.4) is 0 Å². The van der Waals surface area contributed by atoms with Gasteiger partial charge in [-0.15, -0.1) is 0 Å². The van der Waals surface area contributed by atoms with Crippen molar-refractivity contribution in [3.8, 4) is 0 Å². The highest BCUT2D eigenvalue weighted by Gasteiger charge is 2.32. The Bertz CT molecular complexity index is 558. The van der Waals surface area contributed by atoms with E-state index in [1.807, 2.05) is 0 Å². The largest absolute Gasteiger partial charge is 0.466 e. The third kappa shape index (κ3) is 4.26. The number of hydrogen-bond acceptors (Lipinski definition) is 5. The topological polar surface area (TPSA) is 104 Å². The standard InChI is InChI=1S/C12H20N4O4S/c1-2-20-12(17)10-4-3-5-16(8-10)21(18,19)15-7-11-6-13-9-14-11/h6,9-10,15H,2-5,7-8H2,1H3,(H,13,14). The summed E-state index contributed by atoms with van der Waals surface area (Å²) >= 11 is 0.